The number of nitrogens with two attached hydrogens (primary N) is 1. The van der Waals surface area contributed by atoms with Crippen LogP contribution in [0.5, 0.6) is 0 Å². The van der Waals surface area contributed by atoms with Gasteiger partial charge in [0.2, 0.25) is 0 Å². The van der Waals surface area contributed by atoms with Crippen molar-refractivity contribution in [2.24, 2.45) is 11.7 Å². The summed E-state index contributed by atoms with van der Waals surface area (Å²) in [5.74, 6) is -0.324. The van der Waals surface area contributed by atoms with Gasteiger partial charge in [-0.3, -0.25) is 9.59 Å². The monoisotopic (exact) mass is 507 g/mol. The molecule has 2 aliphatic rings. The van der Waals surface area contributed by atoms with Crippen LogP contribution >= 0.6 is 0 Å². The van der Waals surface area contributed by atoms with Crippen molar-refractivity contribution in [3.63, 3.8) is 0 Å². The summed E-state index contributed by atoms with van der Waals surface area (Å²) in [4.78, 5) is 31.1. The highest BCUT2D eigenvalue weighted by Gasteiger charge is 2.34. The largest absolute Gasteiger partial charge is 0.390 e. The number of nitrogens with one attached hydrogen (secondary N) is 1. The predicted molar refractivity (Wildman–Crippen MR) is 150 cm³/mol. The third-order valence-corrected chi connectivity index (χ3v) is 8.56. The van der Waals surface area contributed by atoms with Gasteiger partial charge in [-0.1, -0.05) is 35.9 Å². The van der Waals surface area contributed by atoms with Gasteiger partial charge in [-0.05, 0) is 98.9 Å². The molecule has 0 saturated carbocycles. The number of aliphatic hydroxyl groups is 1. The summed E-state index contributed by atoms with van der Waals surface area (Å²) in [6, 6.07) is 15.9. The molecule has 0 saturated heterocycles. The summed E-state index contributed by atoms with van der Waals surface area (Å²) in [5.41, 5.74) is 15.3. The maximum absolute atomic E-state index is 13.4. The zero-order chi connectivity index (χ0) is 26.9. The Morgan fingerprint density at radius 1 is 1.08 bits per heavy atom. The lowest BCUT2D eigenvalue weighted by Crippen LogP contribution is -2.34. The molecule has 0 bridgehead atoms. The number of amides is 2. The van der Waals surface area contributed by atoms with Crippen LogP contribution in [0.1, 0.15) is 68.9 Å². The molecular weight excluding hydrogens is 474 g/mol. The molecule has 38 heavy (non-hydrogen) atoms. The number of nitrogens with zero attached hydrogens (tertiary/aromatic N) is 1. The Bertz CT molecular complexity index is 1640. The summed E-state index contributed by atoms with van der Waals surface area (Å²) in [5, 5.41) is 11.7. The SMILES string of the molecule is Cc1ccc2c(c1)C(=O)N(c1cccc(-c3ccc(C(N)=O)c4[nH]c5c(c34)CCC(C(C)(C)O)C5)c1C)C2. The molecule has 0 fully saturated rings. The number of anilines is 1. The minimum absolute atomic E-state index is 0.0230. The number of aromatic amines is 1. The average molecular weight is 508 g/mol. The van der Waals surface area contributed by atoms with Crippen LogP contribution in [0.4, 0.5) is 5.69 Å². The number of primary amides is 1. The maximum atomic E-state index is 13.4. The van der Waals surface area contributed by atoms with Crippen LogP contribution in [0.25, 0.3) is 22.0 Å². The Hall–Kier alpha value is -3.90. The number of H-pyrrole nitrogens is 1. The van der Waals surface area contributed by atoms with Gasteiger partial charge < -0.3 is 20.7 Å². The van der Waals surface area contributed by atoms with Crippen molar-refractivity contribution in [2.75, 3.05) is 4.90 Å². The van der Waals surface area contributed by atoms with Gasteiger partial charge in [0.05, 0.1) is 23.2 Å². The Kier molecular flexibility index (Phi) is 5.51. The lowest BCUT2D eigenvalue weighted by atomic mass is 9.77. The molecule has 2 amide bonds. The second kappa shape index (κ2) is 8.57. The van der Waals surface area contributed by atoms with E-state index in [1.165, 1.54) is 5.56 Å². The Morgan fingerprint density at radius 3 is 2.61 bits per heavy atom. The van der Waals surface area contributed by atoms with Crippen LogP contribution in [0.3, 0.4) is 0 Å². The molecule has 3 aromatic carbocycles. The van der Waals surface area contributed by atoms with Gasteiger partial charge in [0, 0.05) is 22.3 Å². The number of fused-ring (bicyclic) bond motifs is 4. The fraction of sp³-hybridized carbons (Fsp3) is 0.312. The minimum atomic E-state index is -0.784. The molecule has 1 aromatic heterocycles. The van der Waals surface area contributed by atoms with Crippen molar-refractivity contribution in [1.29, 1.82) is 0 Å². The number of hydrogen-bond acceptors (Lipinski definition) is 3. The second-order valence-electron chi connectivity index (χ2n) is 11.5. The van der Waals surface area contributed by atoms with Gasteiger partial charge in [-0.25, -0.2) is 0 Å². The van der Waals surface area contributed by atoms with E-state index < -0.39 is 11.5 Å². The van der Waals surface area contributed by atoms with Crippen molar-refractivity contribution in [2.45, 2.75) is 59.1 Å². The van der Waals surface area contributed by atoms with Gasteiger partial charge in [0.1, 0.15) is 0 Å². The third kappa shape index (κ3) is 3.74. The number of aromatic nitrogens is 1. The first-order chi connectivity index (χ1) is 18.0. The Balaban J connectivity index is 1.50. The van der Waals surface area contributed by atoms with Gasteiger partial charge >= 0.3 is 0 Å². The van der Waals surface area contributed by atoms with Gasteiger partial charge in [0.25, 0.3) is 11.8 Å². The summed E-state index contributed by atoms with van der Waals surface area (Å²) < 4.78 is 0. The summed E-state index contributed by atoms with van der Waals surface area (Å²) in [6.07, 6.45) is 2.38. The van der Waals surface area contributed by atoms with Gasteiger partial charge in [-0.15, -0.1) is 0 Å². The summed E-state index contributed by atoms with van der Waals surface area (Å²) in [7, 11) is 0. The Morgan fingerprint density at radius 2 is 1.87 bits per heavy atom. The van der Waals surface area contributed by atoms with Crippen molar-refractivity contribution >= 4 is 28.4 Å². The van der Waals surface area contributed by atoms with Gasteiger partial charge in [0.15, 0.2) is 0 Å². The molecule has 0 spiro atoms. The summed E-state index contributed by atoms with van der Waals surface area (Å²) in [6.45, 7) is 8.33. The topological polar surface area (TPSA) is 99.4 Å². The van der Waals surface area contributed by atoms with E-state index in [0.717, 1.165) is 68.5 Å². The quantitative estimate of drug-likeness (QED) is 0.336. The highest BCUT2D eigenvalue weighted by Crippen LogP contribution is 2.43. The first-order valence-electron chi connectivity index (χ1n) is 13.2. The molecule has 1 aliphatic heterocycles. The molecule has 1 unspecified atom stereocenters. The Labute approximate surface area is 222 Å². The fourth-order valence-electron chi connectivity index (χ4n) is 6.39. The van der Waals surface area contributed by atoms with Crippen LogP contribution < -0.4 is 10.6 Å². The molecule has 1 aliphatic carbocycles. The number of carbonyl (C=O) groups is 2. The predicted octanol–water partition coefficient (Wildman–Crippen LogP) is 5.59. The summed E-state index contributed by atoms with van der Waals surface area (Å²) >= 11 is 0. The molecule has 6 rings (SSSR count). The third-order valence-electron chi connectivity index (χ3n) is 8.56. The lowest BCUT2D eigenvalue weighted by molar-refractivity contribution is 0.0107. The molecule has 2 heterocycles. The van der Waals surface area contributed by atoms with Crippen molar-refractivity contribution in [3.8, 4) is 11.1 Å². The first-order valence-corrected chi connectivity index (χ1v) is 13.2. The van der Waals surface area contributed by atoms with E-state index in [4.69, 9.17) is 5.73 Å². The van der Waals surface area contributed by atoms with Crippen LogP contribution in [0.15, 0.2) is 48.5 Å². The molecule has 194 valence electrons. The van der Waals surface area contributed by atoms with Crippen molar-refractivity contribution < 1.29 is 14.7 Å². The van der Waals surface area contributed by atoms with E-state index in [9.17, 15) is 14.7 Å². The minimum Gasteiger partial charge on any atom is -0.390 e. The van der Waals surface area contributed by atoms with E-state index in [-0.39, 0.29) is 11.8 Å². The van der Waals surface area contributed by atoms with Crippen LogP contribution in [0.2, 0.25) is 0 Å². The molecule has 1 atom stereocenters. The van der Waals surface area contributed by atoms with E-state index in [1.54, 1.807) is 6.07 Å². The van der Waals surface area contributed by atoms with Gasteiger partial charge in [-0.2, -0.15) is 0 Å². The molecule has 4 aromatic rings. The van der Waals surface area contributed by atoms with Crippen molar-refractivity contribution in [1.82, 2.24) is 4.98 Å². The standard InChI is InChI=1S/C32H33N3O3/c1-17-8-9-19-16-35(31(37)25(19)14-17)27-7-5-6-21(18(27)2)22-12-13-24(30(33)36)29-28(22)23-11-10-20(32(3,4)38)15-26(23)34-29/h5-9,12-14,20,34,38H,10-11,15-16H2,1-4H3,(H2,33,36). The molecular formula is C32H33N3O3. The van der Waals surface area contributed by atoms with E-state index >= 15 is 0 Å². The fourth-order valence-corrected chi connectivity index (χ4v) is 6.39. The highest BCUT2D eigenvalue weighted by atomic mass is 16.3. The zero-order valence-corrected chi connectivity index (χ0v) is 22.3. The zero-order valence-electron chi connectivity index (χ0n) is 22.3. The van der Waals surface area contributed by atoms with E-state index in [1.807, 2.05) is 62.1 Å². The van der Waals surface area contributed by atoms with Crippen LogP contribution in [0, 0.1) is 19.8 Å². The number of benzene rings is 3. The molecule has 0 radical (unpaired) electrons. The molecule has 4 N–H and O–H groups in total. The number of rotatable bonds is 4. The molecule has 6 nitrogen and oxygen atoms in total. The van der Waals surface area contributed by atoms with E-state index in [2.05, 4.69) is 18.0 Å². The smallest absolute Gasteiger partial charge is 0.258 e. The van der Waals surface area contributed by atoms with E-state index in [0.29, 0.717) is 18.5 Å². The average Bonchev–Trinajstić information content (AvgIpc) is 3.40. The number of carbonyl (C=O) groups excluding carboxylic acids is 2. The number of aryl methyl sites for hydroxylation is 2. The van der Waals surface area contributed by atoms with Crippen molar-refractivity contribution in [3.05, 3.63) is 87.6 Å². The van der Waals surface area contributed by atoms with Crippen LogP contribution in [-0.2, 0) is 19.4 Å². The van der Waals surface area contributed by atoms with Crippen LogP contribution in [-0.4, -0.2) is 27.5 Å². The number of hydrogen-bond donors (Lipinski definition) is 3. The normalized spacial score (nSPS) is 17.1. The second-order valence-corrected chi connectivity index (χ2v) is 11.5. The maximum Gasteiger partial charge on any atom is 0.258 e. The first kappa shape index (κ1) is 24.4. The highest BCUT2D eigenvalue weighted by molar-refractivity contribution is 6.13. The molecule has 6 heteroatoms. The lowest BCUT2D eigenvalue weighted by Gasteiger charge is -2.32.